The van der Waals surface area contributed by atoms with E-state index >= 15 is 0 Å². The van der Waals surface area contributed by atoms with E-state index in [0.29, 0.717) is 5.01 Å². The number of hydrogen-bond donors (Lipinski definition) is 3. The van der Waals surface area contributed by atoms with Gasteiger partial charge in [0, 0.05) is 7.05 Å². The summed E-state index contributed by atoms with van der Waals surface area (Å²) >= 11 is 0. The lowest BCUT2D eigenvalue weighted by Gasteiger charge is -2.14. The third-order valence-corrected chi connectivity index (χ3v) is 1.96. The number of hydrogen-bond acceptors (Lipinski definition) is 3. The van der Waals surface area contributed by atoms with Crippen molar-refractivity contribution in [3.8, 4) is 0 Å². The molecule has 0 aliphatic heterocycles. The zero-order valence-corrected chi connectivity index (χ0v) is 8.88. The molecule has 0 aliphatic carbocycles. The summed E-state index contributed by atoms with van der Waals surface area (Å²) < 4.78 is 0. The predicted octanol–water partition coefficient (Wildman–Crippen LogP) is 0.639. The zero-order chi connectivity index (χ0) is 13.0. The number of carbonyl (C=O) groups excluding carboxylic acids is 1. The molecule has 0 atom stereocenters. The Labute approximate surface area is 96.2 Å². The monoisotopic (exact) mass is 238 g/mol. The van der Waals surface area contributed by atoms with Crippen molar-refractivity contribution in [2.45, 2.75) is 0 Å². The minimum atomic E-state index is -1.36. The van der Waals surface area contributed by atoms with Crippen LogP contribution in [0.25, 0.3) is 0 Å². The second kappa shape index (κ2) is 4.97. The first-order valence-corrected chi connectivity index (χ1v) is 4.53. The molecule has 1 aromatic carbocycles. The second-order valence-corrected chi connectivity index (χ2v) is 3.13. The van der Waals surface area contributed by atoms with E-state index in [1.165, 1.54) is 24.3 Å². The van der Waals surface area contributed by atoms with Crippen LogP contribution in [0.15, 0.2) is 24.3 Å². The van der Waals surface area contributed by atoms with Gasteiger partial charge in [-0.05, 0) is 12.1 Å². The molecule has 0 heterocycles. The zero-order valence-electron chi connectivity index (χ0n) is 8.88. The van der Waals surface area contributed by atoms with Gasteiger partial charge in [0.15, 0.2) is 0 Å². The van der Waals surface area contributed by atoms with Crippen LogP contribution < -0.4 is 5.43 Å². The van der Waals surface area contributed by atoms with Gasteiger partial charge in [0.05, 0.1) is 11.1 Å². The quantitative estimate of drug-likeness (QED) is 0.655. The third kappa shape index (κ3) is 2.94. The van der Waals surface area contributed by atoms with E-state index in [2.05, 4.69) is 0 Å². The largest absolute Gasteiger partial charge is 0.478 e. The maximum Gasteiger partial charge on any atom is 0.425 e. The minimum absolute atomic E-state index is 0.104. The third-order valence-electron chi connectivity index (χ3n) is 1.96. The molecule has 17 heavy (non-hydrogen) atoms. The van der Waals surface area contributed by atoms with Gasteiger partial charge in [-0.1, -0.05) is 12.1 Å². The normalized spacial score (nSPS) is 9.47. The van der Waals surface area contributed by atoms with E-state index in [1.54, 1.807) is 0 Å². The molecule has 0 aromatic heterocycles. The fraction of sp³-hybridized carbons (Fsp3) is 0.100. The van der Waals surface area contributed by atoms with Crippen LogP contribution in [0.4, 0.5) is 4.79 Å². The van der Waals surface area contributed by atoms with Crippen LogP contribution in [0.2, 0.25) is 0 Å². The van der Waals surface area contributed by atoms with E-state index in [1.807, 2.05) is 5.43 Å². The number of carboxylic acids is 1. The van der Waals surface area contributed by atoms with E-state index in [0.717, 1.165) is 7.05 Å². The molecule has 0 radical (unpaired) electrons. The number of carboxylic acid groups (broad SMARTS) is 2. The van der Waals surface area contributed by atoms with Gasteiger partial charge in [0.2, 0.25) is 0 Å². The fourth-order valence-electron chi connectivity index (χ4n) is 1.13. The van der Waals surface area contributed by atoms with Crippen molar-refractivity contribution in [3.63, 3.8) is 0 Å². The Morgan fingerprint density at radius 1 is 1.12 bits per heavy atom. The van der Waals surface area contributed by atoms with Gasteiger partial charge in [0.25, 0.3) is 5.91 Å². The fourth-order valence-corrected chi connectivity index (χ4v) is 1.13. The Hall–Kier alpha value is -2.57. The van der Waals surface area contributed by atoms with Gasteiger partial charge in [-0.15, -0.1) is 0 Å². The highest BCUT2D eigenvalue weighted by molar-refractivity contribution is 6.04. The molecule has 0 saturated heterocycles. The van der Waals surface area contributed by atoms with Crippen molar-refractivity contribution in [2.75, 3.05) is 7.05 Å². The number of nitrogens with one attached hydrogen (secondary N) is 1. The van der Waals surface area contributed by atoms with Crippen molar-refractivity contribution in [1.29, 1.82) is 0 Å². The van der Waals surface area contributed by atoms with Crippen LogP contribution in [0.5, 0.6) is 0 Å². The molecule has 3 N–H and O–H groups in total. The van der Waals surface area contributed by atoms with E-state index < -0.39 is 18.0 Å². The van der Waals surface area contributed by atoms with E-state index in [9.17, 15) is 14.4 Å². The van der Waals surface area contributed by atoms with Crippen molar-refractivity contribution in [1.82, 2.24) is 10.4 Å². The number of hydrazine groups is 1. The summed E-state index contributed by atoms with van der Waals surface area (Å²) in [6.45, 7) is 0. The Bertz CT molecular complexity index is 472. The smallest absolute Gasteiger partial charge is 0.425 e. The van der Waals surface area contributed by atoms with Crippen LogP contribution in [-0.4, -0.2) is 40.2 Å². The SMILES string of the molecule is CN(NC(=O)c1ccccc1C(=O)O)C(=O)O. The van der Waals surface area contributed by atoms with Crippen LogP contribution in [0, 0.1) is 0 Å². The van der Waals surface area contributed by atoms with Gasteiger partial charge in [-0.3, -0.25) is 10.2 Å². The Morgan fingerprint density at radius 2 is 1.65 bits per heavy atom. The lowest BCUT2D eigenvalue weighted by molar-refractivity contribution is 0.0685. The molecule has 90 valence electrons. The minimum Gasteiger partial charge on any atom is -0.478 e. The number of benzene rings is 1. The summed E-state index contributed by atoms with van der Waals surface area (Å²) in [5.41, 5.74) is 1.73. The summed E-state index contributed by atoms with van der Waals surface area (Å²) in [5, 5.41) is 17.9. The molecular formula is C10H10N2O5. The molecular weight excluding hydrogens is 228 g/mol. The average Bonchev–Trinajstić information content (AvgIpc) is 2.28. The average molecular weight is 238 g/mol. The number of nitrogens with zero attached hydrogens (tertiary/aromatic N) is 1. The summed E-state index contributed by atoms with van der Waals surface area (Å²) in [6, 6.07) is 5.52. The van der Waals surface area contributed by atoms with Gasteiger partial charge in [0.1, 0.15) is 0 Å². The maximum absolute atomic E-state index is 11.6. The number of carbonyl (C=O) groups is 3. The summed E-state index contributed by atoms with van der Waals surface area (Å²) in [7, 11) is 1.13. The van der Waals surface area contributed by atoms with Gasteiger partial charge in [-0.25, -0.2) is 14.6 Å². The maximum atomic E-state index is 11.6. The van der Waals surface area contributed by atoms with Gasteiger partial charge < -0.3 is 10.2 Å². The Balaban J connectivity index is 2.97. The summed E-state index contributed by atoms with van der Waals surface area (Å²) in [6.07, 6.45) is -1.36. The molecule has 0 aliphatic rings. The first-order valence-electron chi connectivity index (χ1n) is 4.53. The van der Waals surface area contributed by atoms with Crippen molar-refractivity contribution >= 4 is 18.0 Å². The molecule has 0 spiro atoms. The molecule has 1 aromatic rings. The lowest BCUT2D eigenvalue weighted by atomic mass is 10.1. The Kier molecular flexibility index (Phi) is 3.66. The lowest BCUT2D eigenvalue weighted by Crippen LogP contribution is -2.42. The standard InChI is InChI=1S/C10H10N2O5/c1-12(10(16)17)11-8(13)6-4-2-3-5-7(6)9(14)15/h2-5H,1H3,(H,11,13)(H,14,15)(H,16,17). The molecule has 0 saturated carbocycles. The predicted molar refractivity (Wildman–Crippen MR) is 56.7 cm³/mol. The van der Waals surface area contributed by atoms with Gasteiger partial charge in [-0.2, -0.15) is 0 Å². The number of aromatic carboxylic acids is 1. The van der Waals surface area contributed by atoms with Crippen LogP contribution in [-0.2, 0) is 0 Å². The van der Waals surface area contributed by atoms with Gasteiger partial charge >= 0.3 is 12.1 Å². The molecule has 0 unspecified atom stereocenters. The summed E-state index contributed by atoms with van der Waals surface area (Å²) in [5.74, 6) is -2.05. The molecule has 7 nitrogen and oxygen atoms in total. The Morgan fingerprint density at radius 3 is 2.12 bits per heavy atom. The molecule has 2 amide bonds. The van der Waals surface area contributed by atoms with Crippen molar-refractivity contribution < 1.29 is 24.6 Å². The summed E-state index contributed by atoms with van der Waals surface area (Å²) in [4.78, 5) is 32.9. The van der Waals surface area contributed by atoms with E-state index in [4.69, 9.17) is 10.2 Å². The van der Waals surface area contributed by atoms with Crippen LogP contribution in [0.3, 0.4) is 0 Å². The van der Waals surface area contributed by atoms with Crippen LogP contribution in [0.1, 0.15) is 20.7 Å². The first kappa shape index (κ1) is 12.5. The first-order chi connectivity index (χ1) is 7.93. The molecule has 1 rings (SSSR count). The van der Waals surface area contributed by atoms with Crippen molar-refractivity contribution in [3.05, 3.63) is 35.4 Å². The highest BCUT2D eigenvalue weighted by atomic mass is 16.4. The number of amides is 2. The van der Waals surface area contributed by atoms with Crippen LogP contribution >= 0.6 is 0 Å². The molecule has 0 bridgehead atoms. The molecule has 0 fully saturated rings. The molecule has 7 heteroatoms. The van der Waals surface area contributed by atoms with E-state index in [-0.39, 0.29) is 11.1 Å². The number of rotatable bonds is 2. The van der Waals surface area contributed by atoms with Crippen molar-refractivity contribution in [2.24, 2.45) is 0 Å². The topological polar surface area (TPSA) is 107 Å². The highest BCUT2D eigenvalue weighted by Gasteiger charge is 2.17. The highest BCUT2D eigenvalue weighted by Crippen LogP contribution is 2.08. The second-order valence-electron chi connectivity index (χ2n) is 3.13.